The Morgan fingerprint density at radius 2 is 2.05 bits per heavy atom. The van der Waals surface area contributed by atoms with Gasteiger partial charge in [0.1, 0.15) is 11.4 Å². The van der Waals surface area contributed by atoms with Crippen molar-refractivity contribution in [3.05, 3.63) is 29.3 Å². The molecule has 1 aromatic carbocycles. The molecule has 3 heteroatoms. The first-order valence-corrected chi connectivity index (χ1v) is 7.31. The van der Waals surface area contributed by atoms with E-state index in [9.17, 15) is 5.11 Å². The molecule has 1 atom stereocenters. The fourth-order valence-electron chi connectivity index (χ4n) is 3.21. The lowest BCUT2D eigenvalue weighted by Gasteiger charge is -2.43. The van der Waals surface area contributed by atoms with Gasteiger partial charge in [-0.3, -0.25) is 0 Å². The number of fused-ring (bicyclic) bond motifs is 1. The third-order valence-corrected chi connectivity index (χ3v) is 4.47. The summed E-state index contributed by atoms with van der Waals surface area (Å²) < 4.78 is 6.27. The predicted molar refractivity (Wildman–Crippen MR) is 75.6 cm³/mol. The van der Waals surface area contributed by atoms with Gasteiger partial charge in [-0.15, -0.1) is 0 Å². The van der Waals surface area contributed by atoms with Gasteiger partial charge < -0.3 is 15.2 Å². The molecule has 3 nitrogen and oxygen atoms in total. The normalized spacial score (nSPS) is 25.2. The van der Waals surface area contributed by atoms with Crippen molar-refractivity contribution in [2.75, 3.05) is 13.1 Å². The number of hydrogen-bond donors (Lipinski definition) is 2. The Balaban J connectivity index is 1.92. The maximum absolute atomic E-state index is 10.5. The van der Waals surface area contributed by atoms with Crippen LogP contribution in [0.3, 0.4) is 0 Å². The molecule has 2 aliphatic heterocycles. The molecule has 0 bridgehead atoms. The smallest absolute Gasteiger partial charge is 0.125 e. The van der Waals surface area contributed by atoms with Gasteiger partial charge in [-0.2, -0.15) is 0 Å². The molecule has 19 heavy (non-hydrogen) atoms. The monoisotopic (exact) mass is 261 g/mol. The highest BCUT2D eigenvalue weighted by molar-refractivity contribution is 5.42. The number of nitrogens with one attached hydrogen (secondary N) is 1. The van der Waals surface area contributed by atoms with Crippen molar-refractivity contribution in [3.63, 3.8) is 0 Å². The lowest BCUT2D eigenvalue weighted by Crippen LogP contribution is -2.49. The van der Waals surface area contributed by atoms with E-state index in [1.807, 2.05) is 6.07 Å². The molecule has 1 unspecified atom stereocenters. The maximum Gasteiger partial charge on any atom is 0.125 e. The minimum Gasteiger partial charge on any atom is -0.487 e. The minimum absolute atomic E-state index is 0.156. The highest BCUT2D eigenvalue weighted by Crippen LogP contribution is 2.44. The molecule has 0 radical (unpaired) electrons. The Bertz CT molecular complexity index is 464. The van der Waals surface area contributed by atoms with E-state index in [2.05, 4.69) is 31.3 Å². The van der Waals surface area contributed by atoms with Crippen molar-refractivity contribution < 1.29 is 9.84 Å². The van der Waals surface area contributed by atoms with E-state index in [-0.39, 0.29) is 11.7 Å². The number of rotatable bonds is 1. The Kier molecular flexibility index (Phi) is 3.27. The lowest BCUT2D eigenvalue weighted by atomic mass is 9.81. The van der Waals surface area contributed by atoms with Crippen LogP contribution < -0.4 is 10.1 Å². The molecular formula is C16H23NO2. The molecule has 3 rings (SSSR count). The first kappa shape index (κ1) is 12.9. The van der Waals surface area contributed by atoms with Crippen LogP contribution in [0.1, 0.15) is 56.3 Å². The number of piperidine rings is 1. The summed E-state index contributed by atoms with van der Waals surface area (Å²) in [6.45, 7) is 6.30. The number of aliphatic hydroxyl groups excluding tert-OH is 1. The lowest BCUT2D eigenvalue weighted by molar-refractivity contribution is -0.0337. The molecule has 1 saturated heterocycles. The van der Waals surface area contributed by atoms with Gasteiger partial charge in [-0.1, -0.05) is 19.9 Å². The Morgan fingerprint density at radius 1 is 1.32 bits per heavy atom. The van der Waals surface area contributed by atoms with Gasteiger partial charge in [-0.05, 0) is 49.5 Å². The van der Waals surface area contributed by atoms with E-state index < -0.39 is 0 Å². The van der Waals surface area contributed by atoms with Crippen LogP contribution in [0.15, 0.2) is 18.2 Å². The van der Waals surface area contributed by atoms with Crippen LogP contribution in [0.25, 0.3) is 0 Å². The first-order valence-electron chi connectivity index (χ1n) is 7.31. The van der Waals surface area contributed by atoms with Crippen molar-refractivity contribution in [3.8, 4) is 5.75 Å². The standard InChI is InChI=1S/C16H23NO2/c1-11(2)12-3-4-15-13(9-12)14(18)10-16(19-15)5-7-17-8-6-16/h3-4,9,11,14,17-18H,5-8,10H2,1-2H3. The van der Waals surface area contributed by atoms with Crippen LogP contribution in [0, 0.1) is 0 Å². The van der Waals surface area contributed by atoms with Crippen LogP contribution in [-0.4, -0.2) is 23.8 Å². The van der Waals surface area contributed by atoms with E-state index in [1.54, 1.807) is 0 Å². The number of benzene rings is 1. The molecule has 2 aliphatic rings. The van der Waals surface area contributed by atoms with E-state index >= 15 is 0 Å². The Morgan fingerprint density at radius 3 is 2.74 bits per heavy atom. The fourth-order valence-corrected chi connectivity index (χ4v) is 3.21. The van der Waals surface area contributed by atoms with E-state index in [4.69, 9.17) is 4.74 Å². The van der Waals surface area contributed by atoms with Crippen molar-refractivity contribution in [1.82, 2.24) is 5.32 Å². The van der Waals surface area contributed by atoms with Crippen LogP contribution in [0.2, 0.25) is 0 Å². The molecular weight excluding hydrogens is 238 g/mol. The van der Waals surface area contributed by atoms with Crippen molar-refractivity contribution in [2.24, 2.45) is 0 Å². The average molecular weight is 261 g/mol. The second kappa shape index (κ2) is 4.80. The molecule has 1 aromatic rings. The van der Waals surface area contributed by atoms with Gasteiger partial charge in [-0.25, -0.2) is 0 Å². The van der Waals surface area contributed by atoms with Gasteiger partial charge in [0.2, 0.25) is 0 Å². The summed E-state index contributed by atoms with van der Waals surface area (Å²) in [5.41, 5.74) is 2.08. The zero-order valence-corrected chi connectivity index (χ0v) is 11.8. The van der Waals surface area contributed by atoms with E-state index in [0.29, 0.717) is 5.92 Å². The molecule has 0 aliphatic carbocycles. The molecule has 0 aromatic heterocycles. The van der Waals surface area contributed by atoms with Crippen LogP contribution in [0.5, 0.6) is 5.75 Å². The van der Waals surface area contributed by atoms with Crippen LogP contribution in [-0.2, 0) is 0 Å². The van der Waals surface area contributed by atoms with Crippen molar-refractivity contribution in [2.45, 2.75) is 50.7 Å². The third kappa shape index (κ3) is 2.37. The maximum atomic E-state index is 10.5. The summed E-state index contributed by atoms with van der Waals surface area (Å²) in [4.78, 5) is 0. The van der Waals surface area contributed by atoms with Crippen LogP contribution >= 0.6 is 0 Å². The SMILES string of the molecule is CC(C)c1ccc2c(c1)C(O)CC1(CCNCC1)O2. The average Bonchev–Trinajstić information content (AvgIpc) is 2.39. The Hall–Kier alpha value is -1.06. The summed E-state index contributed by atoms with van der Waals surface area (Å²) in [5.74, 6) is 1.36. The summed E-state index contributed by atoms with van der Waals surface area (Å²) in [6.07, 6.45) is 2.30. The summed E-state index contributed by atoms with van der Waals surface area (Å²) >= 11 is 0. The van der Waals surface area contributed by atoms with Crippen molar-refractivity contribution >= 4 is 0 Å². The molecule has 2 N–H and O–H groups in total. The fraction of sp³-hybridized carbons (Fsp3) is 0.625. The number of ether oxygens (including phenoxy) is 1. The summed E-state index contributed by atoms with van der Waals surface area (Å²) in [5, 5.41) is 13.8. The molecule has 104 valence electrons. The Labute approximate surface area is 115 Å². The van der Waals surface area contributed by atoms with Gasteiger partial charge in [0.15, 0.2) is 0 Å². The first-order chi connectivity index (χ1) is 9.10. The van der Waals surface area contributed by atoms with E-state index in [0.717, 1.165) is 43.7 Å². The van der Waals surface area contributed by atoms with Crippen molar-refractivity contribution in [1.29, 1.82) is 0 Å². The largest absolute Gasteiger partial charge is 0.487 e. The quantitative estimate of drug-likeness (QED) is 0.816. The van der Waals surface area contributed by atoms with E-state index in [1.165, 1.54) is 5.56 Å². The molecule has 0 saturated carbocycles. The van der Waals surface area contributed by atoms with Crippen LogP contribution in [0.4, 0.5) is 0 Å². The molecule has 1 spiro atoms. The predicted octanol–water partition coefficient (Wildman–Crippen LogP) is 2.75. The molecule has 2 heterocycles. The molecule has 0 amide bonds. The zero-order chi connectivity index (χ0) is 13.5. The summed E-state index contributed by atoms with van der Waals surface area (Å²) in [7, 11) is 0. The zero-order valence-electron chi connectivity index (χ0n) is 11.8. The highest BCUT2D eigenvalue weighted by Gasteiger charge is 2.41. The minimum atomic E-state index is -0.388. The topological polar surface area (TPSA) is 41.5 Å². The highest BCUT2D eigenvalue weighted by atomic mass is 16.5. The number of hydrogen-bond acceptors (Lipinski definition) is 3. The number of aliphatic hydroxyl groups is 1. The molecule has 1 fully saturated rings. The van der Waals surface area contributed by atoms with Gasteiger partial charge >= 0.3 is 0 Å². The second-order valence-corrected chi connectivity index (χ2v) is 6.21. The van der Waals surface area contributed by atoms with Gasteiger partial charge in [0.05, 0.1) is 6.10 Å². The second-order valence-electron chi connectivity index (χ2n) is 6.21. The third-order valence-electron chi connectivity index (χ3n) is 4.47. The summed E-state index contributed by atoms with van der Waals surface area (Å²) in [6, 6.07) is 6.27. The van der Waals surface area contributed by atoms with Gasteiger partial charge in [0.25, 0.3) is 0 Å². The van der Waals surface area contributed by atoms with Gasteiger partial charge in [0, 0.05) is 12.0 Å².